The van der Waals surface area contributed by atoms with Gasteiger partial charge < -0.3 is 10.6 Å². The number of nitrogens with zero attached hydrogens (tertiary/aromatic N) is 1. The molecule has 3 N–H and O–H groups in total. The maximum absolute atomic E-state index is 12.8. The van der Waals surface area contributed by atoms with Crippen LogP contribution in [0.15, 0.2) is 18.2 Å². The second-order valence-corrected chi connectivity index (χ2v) is 7.59. The van der Waals surface area contributed by atoms with E-state index in [9.17, 15) is 19.2 Å². The maximum Gasteiger partial charge on any atom is 0.262 e. The van der Waals surface area contributed by atoms with Gasteiger partial charge in [-0.25, -0.2) is 0 Å². The first-order chi connectivity index (χ1) is 13.5. The highest BCUT2D eigenvalue weighted by atomic mass is 16.2. The van der Waals surface area contributed by atoms with Crippen LogP contribution < -0.4 is 16.0 Å². The van der Waals surface area contributed by atoms with Crippen molar-refractivity contribution in [1.82, 2.24) is 20.9 Å². The predicted octanol–water partition coefficient (Wildman–Crippen LogP) is 0.320. The largest absolute Gasteiger partial charge is 0.314 e. The van der Waals surface area contributed by atoms with Crippen molar-refractivity contribution < 1.29 is 19.2 Å². The second kappa shape index (κ2) is 7.81. The van der Waals surface area contributed by atoms with Gasteiger partial charge in [0.15, 0.2) is 0 Å². The molecule has 0 aromatic heterocycles. The van der Waals surface area contributed by atoms with Crippen molar-refractivity contribution in [3.63, 3.8) is 0 Å². The summed E-state index contributed by atoms with van der Waals surface area (Å²) in [6.07, 6.45) is 3.79. The van der Waals surface area contributed by atoms with Crippen LogP contribution in [-0.4, -0.2) is 53.7 Å². The molecule has 1 aromatic rings. The fourth-order valence-electron chi connectivity index (χ4n) is 4.14. The topological polar surface area (TPSA) is 108 Å². The molecular formula is C20H24N4O4. The van der Waals surface area contributed by atoms with Crippen molar-refractivity contribution >= 4 is 23.6 Å². The molecule has 0 spiro atoms. The van der Waals surface area contributed by atoms with Crippen molar-refractivity contribution in [3.05, 3.63) is 34.9 Å². The summed E-state index contributed by atoms with van der Waals surface area (Å²) in [7, 11) is 0. The molecule has 8 nitrogen and oxygen atoms in total. The first kappa shape index (κ1) is 18.8. The number of piperidine rings is 1. The summed E-state index contributed by atoms with van der Waals surface area (Å²) in [5.74, 6) is -1.90. The van der Waals surface area contributed by atoms with Gasteiger partial charge >= 0.3 is 0 Å². The van der Waals surface area contributed by atoms with Gasteiger partial charge in [-0.1, -0.05) is 6.07 Å². The fraction of sp³-hybridized carbons (Fsp3) is 0.500. The molecule has 2 fully saturated rings. The quantitative estimate of drug-likeness (QED) is 0.482. The van der Waals surface area contributed by atoms with Crippen molar-refractivity contribution in [2.45, 2.75) is 50.7 Å². The van der Waals surface area contributed by atoms with E-state index >= 15 is 0 Å². The molecule has 28 heavy (non-hydrogen) atoms. The van der Waals surface area contributed by atoms with Crippen LogP contribution in [0.2, 0.25) is 0 Å². The van der Waals surface area contributed by atoms with Gasteiger partial charge in [0, 0.05) is 19.0 Å². The minimum Gasteiger partial charge on any atom is -0.314 e. The number of nitrogens with one attached hydrogen (secondary N) is 3. The molecule has 4 amide bonds. The number of benzene rings is 1. The summed E-state index contributed by atoms with van der Waals surface area (Å²) in [5.41, 5.74) is 1.56. The number of amides is 4. The van der Waals surface area contributed by atoms with Gasteiger partial charge in [-0.2, -0.15) is 0 Å². The number of hydrogen-bond acceptors (Lipinski definition) is 6. The Hall–Kier alpha value is -2.58. The average Bonchev–Trinajstić information content (AvgIpc) is 3.27. The third kappa shape index (κ3) is 3.57. The van der Waals surface area contributed by atoms with Gasteiger partial charge in [0.25, 0.3) is 11.8 Å². The number of carbonyl (C=O) groups is 4. The summed E-state index contributed by atoms with van der Waals surface area (Å²) >= 11 is 0. The standard InChI is InChI=1S/C20H24N4O4/c25-17-6-5-16(18(26)23-17)24-19(27)14-4-3-12(10-15(14)20(24)28)11-21-9-7-13-2-1-8-22-13/h3-4,10,13,16,21-22H,1-2,5-9,11H2,(H,23,25,26)/t13-,16?/m1/s1. The summed E-state index contributed by atoms with van der Waals surface area (Å²) in [5, 5.41) is 9.05. The van der Waals surface area contributed by atoms with Crippen molar-refractivity contribution in [2.75, 3.05) is 13.1 Å². The lowest BCUT2D eigenvalue weighted by Gasteiger charge is -2.27. The number of rotatable bonds is 6. The lowest BCUT2D eigenvalue weighted by Crippen LogP contribution is -2.54. The van der Waals surface area contributed by atoms with Crippen molar-refractivity contribution in [1.29, 1.82) is 0 Å². The van der Waals surface area contributed by atoms with E-state index in [0.717, 1.165) is 30.0 Å². The first-order valence-electron chi connectivity index (χ1n) is 9.83. The summed E-state index contributed by atoms with van der Waals surface area (Å²) in [6, 6.07) is 4.86. The number of fused-ring (bicyclic) bond motifs is 1. The van der Waals surface area contributed by atoms with E-state index in [1.165, 1.54) is 12.8 Å². The Morgan fingerprint density at radius 3 is 2.64 bits per heavy atom. The molecule has 0 saturated carbocycles. The fourth-order valence-corrected chi connectivity index (χ4v) is 4.14. The Kier molecular flexibility index (Phi) is 5.23. The molecule has 3 heterocycles. The molecular weight excluding hydrogens is 360 g/mol. The predicted molar refractivity (Wildman–Crippen MR) is 100 cm³/mol. The van der Waals surface area contributed by atoms with Gasteiger partial charge in [-0.3, -0.25) is 29.4 Å². The van der Waals surface area contributed by atoms with Gasteiger partial charge in [0.1, 0.15) is 6.04 Å². The van der Waals surface area contributed by atoms with Gasteiger partial charge in [0.2, 0.25) is 11.8 Å². The first-order valence-corrected chi connectivity index (χ1v) is 9.83. The highest BCUT2D eigenvalue weighted by molar-refractivity contribution is 6.23. The van der Waals surface area contributed by atoms with Gasteiger partial charge in [-0.05, 0) is 56.5 Å². The molecule has 8 heteroatoms. The molecule has 3 aliphatic heterocycles. The van der Waals surface area contributed by atoms with Crippen LogP contribution in [0.25, 0.3) is 0 Å². The van der Waals surface area contributed by atoms with E-state index in [2.05, 4.69) is 16.0 Å². The van der Waals surface area contributed by atoms with E-state index in [4.69, 9.17) is 0 Å². The minimum absolute atomic E-state index is 0.120. The van der Waals surface area contributed by atoms with Crippen LogP contribution in [-0.2, 0) is 16.1 Å². The van der Waals surface area contributed by atoms with Crippen LogP contribution >= 0.6 is 0 Å². The Morgan fingerprint density at radius 2 is 1.89 bits per heavy atom. The molecule has 2 atom stereocenters. The second-order valence-electron chi connectivity index (χ2n) is 7.59. The Labute approximate surface area is 163 Å². The molecule has 2 saturated heterocycles. The van der Waals surface area contributed by atoms with Crippen molar-refractivity contribution in [3.8, 4) is 0 Å². The van der Waals surface area contributed by atoms with E-state index in [-0.39, 0.29) is 18.7 Å². The average molecular weight is 384 g/mol. The number of carbonyl (C=O) groups excluding carboxylic acids is 4. The number of imide groups is 2. The molecule has 4 rings (SSSR count). The zero-order chi connectivity index (χ0) is 19.7. The van der Waals surface area contributed by atoms with Gasteiger partial charge in [-0.15, -0.1) is 0 Å². The lowest BCUT2D eigenvalue weighted by molar-refractivity contribution is -0.136. The van der Waals surface area contributed by atoms with Crippen LogP contribution in [0, 0.1) is 0 Å². The SMILES string of the molecule is O=C1CCC(N2C(=O)c3ccc(CNCC[C@H]4CCCN4)cc3C2=O)C(=O)N1. The molecule has 148 valence electrons. The van der Waals surface area contributed by atoms with E-state index in [0.29, 0.717) is 23.7 Å². The Bertz CT molecular complexity index is 831. The number of hydrogen-bond donors (Lipinski definition) is 3. The minimum atomic E-state index is -0.925. The maximum atomic E-state index is 12.8. The van der Waals surface area contributed by atoms with E-state index in [1.807, 2.05) is 6.07 Å². The van der Waals surface area contributed by atoms with Gasteiger partial charge in [0.05, 0.1) is 11.1 Å². The highest BCUT2D eigenvalue weighted by Crippen LogP contribution is 2.28. The molecule has 0 radical (unpaired) electrons. The smallest absolute Gasteiger partial charge is 0.262 e. The summed E-state index contributed by atoms with van der Waals surface area (Å²) in [4.78, 5) is 49.9. The third-order valence-corrected chi connectivity index (χ3v) is 5.67. The summed E-state index contributed by atoms with van der Waals surface area (Å²) < 4.78 is 0. The van der Waals surface area contributed by atoms with Crippen LogP contribution in [0.1, 0.15) is 58.4 Å². The lowest BCUT2D eigenvalue weighted by atomic mass is 10.0. The molecule has 1 aromatic carbocycles. The zero-order valence-corrected chi connectivity index (χ0v) is 15.6. The molecule has 1 unspecified atom stereocenters. The van der Waals surface area contributed by atoms with Crippen LogP contribution in [0.4, 0.5) is 0 Å². The monoisotopic (exact) mass is 384 g/mol. The molecule has 0 bridgehead atoms. The van der Waals surface area contributed by atoms with E-state index < -0.39 is 23.8 Å². The van der Waals surface area contributed by atoms with E-state index in [1.54, 1.807) is 12.1 Å². The van der Waals surface area contributed by atoms with Crippen molar-refractivity contribution in [2.24, 2.45) is 0 Å². The highest BCUT2D eigenvalue weighted by Gasteiger charge is 2.44. The molecule has 3 aliphatic rings. The van der Waals surface area contributed by atoms with Crippen LogP contribution in [0.3, 0.4) is 0 Å². The Balaban J connectivity index is 1.40. The third-order valence-electron chi connectivity index (χ3n) is 5.67. The zero-order valence-electron chi connectivity index (χ0n) is 15.6. The van der Waals surface area contributed by atoms with Crippen LogP contribution in [0.5, 0.6) is 0 Å². The Morgan fingerprint density at radius 1 is 1.07 bits per heavy atom. The normalized spacial score (nSPS) is 24.6. The summed E-state index contributed by atoms with van der Waals surface area (Å²) in [6.45, 7) is 2.58. The molecule has 0 aliphatic carbocycles.